The standard InChI is InChI=1S/C11H13N3O2/c12-10-3-8(14(15)16)2-9-6-1-7(11(9)10)5-13-4-6/h2-3,6-7,13H,1,4-5,12H2/t6-,7+/m0/s1. The maximum Gasteiger partial charge on any atom is 0.271 e. The van der Waals surface area contributed by atoms with Crippen LogP contribution < -0.4 is 11.1 Å². The second kappa shape index (κ2) is 3.18. The van der Waals surface area contributed by atoms with Crippen molar-refractivity contribution in [3.05, 3.63) is 33.4 Å². The summed E-state index contributed by atoms with van der Waals surface area (Å²) >= 11 is 0. The first-order valence-corrected chi connectivity index (χ1v) is 5.45. The van der Waals surface area contributed by atoms with Crippen LogP contribution in [0.25, 0.3) is 0 Å². The number of nitrogens with two attached hydrogens (primary N) is 1. The zero-order valence-corrected chi connectivity index (χ0v) is 8.77. The summed E-state index contributed by atoms with van der Waals surface area (Å²) in [4.78, 5) is 10.4. The maximum absolute atomic E-state index is 10.8. The topological polar surface area (TPSA) is 81.2 Å². The number of anilines is 1. The fraction of sp³-hybridized carbons (Fsp3) is 0.455. The lowest BCUT2D eigenvalue weighted by Gasteiger charge is -2.20. The van der Waals surface area contributed by atoms with E-state index in [9.17, 15) is 10.1 Å². The Hall–Kier alpha value is -1.62. The van der Waals surface area contributed by atoms with Crippen LogP contribution in [-0.4, -0.2) is 18.0 Å². The molecule has 16 heavy (non-hydrogen) atoms. The van der Waals surface area contributed by atoms with Crippen LogP contribution in [0, 0.1) is 10.1 Å². The summed E-state index contributed by atoms with van der Waals surface area (Å²) < 4.78 is 0. The maximum atomic E-state index is 10.8. The molecule has 2 bridgehead atoms. The minimum atomic E-state index is -0.369. The van der Waals surface area contributed by atoms with Gasteiger partial charge in [0.2, 0.25) is 0 Å². The van der Waals surface area contributed by atoms with Gasteiger partial charge in [-0.3, -0.25) is 10.1 Å². The molecule has 3 N–H and O–H groups in total. The molecule has 84 valence electrons. The highest BCUT2D eigenvalue weighted by Crippen LogP contribution is 2.47. The smallest absolute Gasteiger partial charge is 0.271 e. The Morgan fingerprint density at radius 3 is 2.88 bits per heavy atom. The highest BCUT2D eigenvalue weighted by atomic mass is 16.6. The van der Waals surface area contributed by atoms with Gasteiger partial charge in [-0.1, -0.05) is 0 Å². The Morgan fingerprint density at radius 2 is 2.12 bits per heavy atom. The predicted octanol–water partition coefficient (Wildman–Crippen LogP) is 1.35. The third-order valence-corrected chi connectivity index (χ3v) is 3.64. The van der Waals surface area contributed by atoms with Crippen molar-refractivity contribution in [2.45, 2.75) is 18.3 Å². The second-order valence-corrected chi connectivity index (χ2v) is 4.58. The average molecular weight is 219 g/mol. The quantitative estimate of drug-likeness (QED) is 0.424. The van der Waals surface area contributed by atoms with Gasteiger partial charge in [-0.2, -0.15) is 0 Å². The highest BCUT2D eigenvalue weighted by Gasteiger charge is 2.36. The van der Waals surface area contributed by atoms with Gasteiger partial charge in [0.1, 0.15) is 0 Å². The molecule has 0 saturated carbocycles. The van der Waals surface area contributed by atoms with Crippen molar-refractivity contribution in [1.82, 2.24) is 5.32 Å². The molecule has 0 amide bonds. The van der Waals surface area contributed by atoms with E-state index < -0.39 is 0 Å². The Kier molecular flexibility index (Phi) is 1.91. The van der Waals surface area contributed by atoms with E-state index >= 15 is 0 Å². The van der Waals surface area contributed by atoms with Gasteiger partial charge in [-0.25, -0.2) is 0 Å². The summed E-state index contributed by atoms with van der Waals surface area (Å²) in [5, 5.41) is 14.1. The van der Waals surface area contributed by atoms with E-state index in [1.54, 1.807) is 6.07 Å². The molecule has 0 unspecified atom stereocenters. The molecule has 0 aromatic heterocycles. The molecule has 2 aliphatic rings. The fourth-order valence-corrected chi connectivity index (χ4v) is 3.00. The lowest BCUT2D eigenvalue weighted by molar-refractivity contribution is -0.384. The number of nitro groups is 1. The molecule has 5 heteroatoms. The molecule has 1 aromatic rings. The number of rotatable bonds is 1. The number of nitro benzene ring substituents is 1. The van der Waals surface area contributed by atoms with Crippen LogP contribution in [0.3, 0.4) is 0 Å². The molecular formula is C11H13N3O2. The minimum Gasteiger partial charge on any atom is -0.398 e. The van der Waals surface area contributed by atoms with Crippen molar-refractivity contribution in [3.63, 3.8) is 0 Å². The molecule has 1 aliphatic carbocycles. The molecule has 1 heterocycles. The van der Waals surface area contributed by atoms with Crippen molar-refractivity contribution >= 4 is 11.4 Å². The fourth-order valence-electron chi connectivity index (χ4n) is 3.00. The van der Waals surface area contributed by atoms with Gasteiger partial charge in [0.25, 0.3) is 5.69 Å². The van der Waals surface area contributed by atoms with Gasteiger partial charge in [0, 0.05) is 30.9 Å². The lowest BCUT2D eigenvalue weighted by atomic mass is 9.97. The molecule has 0 spiro atoms. The summed E-state index contributed by atoms with van der Waals surface area (Å²) in [5.41, 5.74) is 8.86. The number of piperidine rings is 1. The summed E-state index contributed by atoms with van der Waals surface area (Å²) in [6, 6.07) is 3.18. The van der Waals surface area contributed by atoms with Crippen molar-refractivity contribution in [2.24, 2.45) is 0 Å². The Labute approximate surface area is 92.8 Å². The molecule has 0 radical (unpaired) electrons. The zero-order valence-electron chi connectivity index (χ0n) is 8.77. The molecule has 3 rings (SSSR count). The summed E-state index contributed by atoms with van der Waals surface area (Å²) in [6.07, 6.45) is 1.08. The minimum absolute atomic E-state index is 0.115. The van der Waals surface area contributed by atoms with Gasteiger partial charge in [-0.05, 0) is 29.4 Å². The van der Waals surface area contributed by atoms with Gasteiger partial charge in [-0.15, -0.1) is 0 Å². The van der Waals surface area contributed by atoms with Gasteiger partial charge < -0.3 is 11.1 Å². The summed E-state index contributed by atoms with van der Waals surface area (Å²) in [6.45, 7) is 1.84. The Bertz CT molecular complexity index is 473. The van der Waals surface area contributed by atoms with Gasteiger partial charge in [0.15, 0.2) is 0 Å². The number of nitrogen functional groups attached to an aromatic ring is 1. The molecule has 1 saturated heterocycles. The van der Waals surface area contributed by atoms with Gasteiger partial charge >= 0.3 is 0 Å². The van der Waals surface area contributed by atoms with E-state index in [0.29, 0.717) is 17.5 Å². The molecule has 5 nitrogen and oxygen atoms in total. The number of benzene rings is 1. The highest BCUT2D eigenvalue weighted by molar-refractivity contribution is 5.63. The van der Waals surface area contributed by atoms with Crippen LogP contribution in [0.1, 0.15) is 29.4 Å². The number of hydrogen-bond donors (Lipinski definition) is 2. The SMILES string of the molecule is Nc1cc([N+](=O)[O-])cc2c1[C@H]1CNC[C@@H]2C1. The Morgan fingerprint density at radius 1 is 1.38 bits per heavy atom. The van der Waals surface area contributed by atoms with Crippen molar-refractivity contribution in [1.29, 1.82) is 0 Å². The molecule has 1 fully saturated rings. The van der Waals surface area contributed by atoms with E-state index in [0.717, 1.165) is 30.6 Å². The Balaban J connectivity index is 2.17. The first-order chi connectivity index (χ1) is 7.66. The lowest BCUT2D eigenvalue weighted by Crippen LogP contribution is -2.28. The van der Waals surface area contributed by atoms with Crippen LogP contribution in [0.5, 0.6) is 0 Å². The van der Waals surface area contributed by atoms with Crippen LogP contribution in [0.15, 0.2) is 12.1 Å². The van der Waals surface area contributed by atoms with E-state index in [1.165, 1.54) is 6.07 Å². The first-order valence-electron chi connectivity index (χ1n) is 5.45. The van der Waals surface area contributed by atoms with E-state index in [4.69, 9.17) is 5.73 Å². The number of nitrogens with zero attached hydrogens (tertiary/aromatic N) is 1. The van der Waals surface area contributed by atoms with Crippen molar-refractivity contribution < 1.29 is 4.92 Å². The number of nitrogens with one attached hydrogen (secondary N) is 1. The third kappa shape index (κ3) is 1.21. The number of hydrogen-bond acceptors (Lipinski definition) is 4. The van der Waals surface area contributed by atoms with E-state index in [2.05, 4.69) is 5.32 Å². The first kappa shape index (κ1) is 9.59. The number of fused-ring (bicyclic) bond motifs is 5. The summed E-state index contributed by atoms with van der Waals surface area (Å²) in [7, 11) is 0. The van der Waals surface area contributed by atoms with Crippen LogP contribution in [-0.2, 0) is 0 Å². The number of non-ortho nitro benzene ring substituents is 1. The van der Waals surface area contributed by atoms with Crippen molar-refractivity contribution in [3.8, 4) is 0 Å². The third-order valence-electron chi connectivity index (χ3n) is 3.64. The van der Waals surface area contributed by atoms with Crippen LogP contribution in [0.4, 0.5) is 11.4 Å². The summed E-state index contributed by atoms with van der Waals surface area (Å²) in [5.74, 6) is 0.838. The molecular weight excluding hydrogens is 206 g/mol. The normalized spacial score (nSPS) is 26.5. The van der Waals surface area contributed by atoms with Crippen LogP contribution in [0.2, 0.25) is 0 Å². The predicted molar refractivity (Wildman–Crippen MR) is 60.5 cm³/mol. The van der Waals surface area contributed by atoms with E-state index in [-0.39, 0.29) is 10.6 Å². The average Bonchev–Trinajstić information content (AvgIpc) is 2.51. The van der Waals surface area contributed by atoms with E-state index in [1.807, 2.05) is 0 Å². The molecule has 1 aliphatic heterocycles. The largest absolute Gasteiger partial charge is 0.398 e. The zero-order chi connectivity index (χ0) is 11.3. The monoisotopic (exact) mass is 219 g/mol. The van der Waals surface area contributed by atoms with Gasteiger partial charge in [0.05, 0.1) is 4.92 Å². The van der Waals surface area contributed by atoms with Crippen molar-refractivity contribution in [2.75, 3.05) is 18.8 Å². The van der Waals surface area contributed by atoms with Crippen LogP contribution >= 0.6 is 0 Å². The molecule has 2 atom stereocenters. The molecule has 1 aromatic carbocycles. The second-order valence-electron chi connectivity index (χ2n) is 4.58.